The molecule has 2 aromatic carbocycles. The summed E-state index contributed by atoms with van der Waals surface area (Å²) in [5.41, 5.74) is 3.03. The normalized spacial score (nSPS) is 10.5. The van der Waals surface area contributed by atoms with Gasteiger partial charge < -0.3 is 5.32 Å². The van der Waals surface area contributed by atoms with Gasteiger partial charge in [0, 0.05) is 30.1 Å². The fourth-order valence-corrected chi connectivity index (χ4v) is 2.46. The summed E-state index contributed by atoms with van der Waals surface area (Å²) in [4.78, 5) is 12.4. The van der Waals surface area contributed by atoms with Gasteiger partial charge in [-0.1, -0.05) is 41.9 Å². The molecule has 1 N–H and O–H groups in total. The molecule has 0 saturated heterocycles. The second-order valence-electron chi connectivity index (χ2n) is 4.88. The van der Waals surface area contributed by atoms with Crippen molar-refractivity contribution in [1.29, 1.82) is 0 Å². The van der Waals surface area contributed by atoms with Gasteiger partial charge in [-0.2, -0.15) is 5.10 Å². The molecule has 3 aromatic rings. The number of anilines is 1. The highest BCUT2D eigenvalue weighted by atomic mass is 35.5. The van der Waals surface area contributed by atoms with Gasteiger partial charge in [0.25, 0.3) is 5.91 Å². The van der Waals surface area contributed by atoms with E-state index in [0.29, 0.717) is 10.6 Å². The zero-order valence-corrected chi connectivity index (χ0v) is 12.7. The average Bonchev–Trinajstić information content (AvgIpc) is 2.94. The molecular formula is C17H14ClN3O. The first-order chi connectivity index (χ1) is 10.6. The summed E-state index contributed by atoms with van der Waals surface area (Å²) in [7, 11) is 1.86. The number of nitrogens with one attached hydrogen (secondary N) is 1. The van der Waals surface area contributed by atoms with Crippen molar-refractivity contribution in [2.24, 2.45) is 7.05 Å². The molecule has 0 saturated carbocycles. The quantitative estimate of drug-likeness (QED) is 0.795. The third kappa shape index (κ3) is 2.87. The zero-order chi connectivity index (χ0) is 15.5. The molecule has 0 aliphatic rings. The van der Waals surface area contributed by atoms with Crippen LogP contribution in [0.15, 0.2) is 60.9 Å². The molecule has 0 bridgehead atoms. The SMILES string of the molecule is Cn1cc(-c2ccccc2NC(=O)c2ccccc2Cl)cn1. The third-order valence-electron chi connectivity index (χ3n) is 3.31. The maximum Gasteiger partial charge on any atom is 0.257 e. The minimum absolute atomic E-state index is 0.234. The molecule has 110 valence electrons. The van der Waals surface area contributed by atoms with E-state index in [0.717, 1.165) is 16.8 Å². The summed E-state index contributed by atoms with van der Waals surface area (Å²) in [5, 5.41) is 7.51. The van der Waals surface area contributed by atoms with Gasteiger partial charge in [0.2, 0.25) is 0 Å². The van der Waals surface area contributed by atoms with Crippen LogP contribution in [0.1, 0.15) is 10.4 Å². The van der Waals surface area contributed by atoms with Crippen molar-refractivity contribution in [2.45, 2.75) is 0 Å². The Balaban J connectivity index is 1.93. The van der Waals surface area contributed by atoms with Crippen molar-refractivity contribution in [2.75, 3.05) is 5.32 Å². The van der Waals surface area contributed by atoms with Gasteiger partial charge in [0.15, 0.2) is 0 Å². The molecule has 0 aliphatic heterocycles. The first kappa shape index (κ1) is 14.4. The Labute approximate surface area is 133 Å². The number of para-hydroxylation sites is 1. The summed E-state index contributed by atoms with van der Waals surface area (Å²) in [5.74, 6) is -0.234. The molecule has 4 nitrogen and oxygen atoms in total. The molecule has 22 heavy (non-hydrogen) atoms. The minimum Gasteiger partial charge on any atom is -0.321 e. The summed E-state index contributed by atoms with van der Waals surface area (Å²) < 4.78 is 1.72. The molecule has 0 aliphatic carbocycles. The molecule has 1 heterocycles. The van der Waals surface area contributed by atoms with Gasteiger partial charge in [-0.25, -0.2) is 0 Å². The van der Waals surface area contributed by atoms with Crippen molar-refractivity contribution in [3.8, 4) is 11.1 Å². The highest BCUT2D eigenvalue weighted by molar-refractivity contribution is 6.34. The van der Waals surface area contributed by atoms with Crippen LogP contribution >= 0.6 is 11.6 Å². The number of halogens is 1. The Bertz CT molecular complexity index is 826. The molecule has 0 radical (unpaired) electrons. The summed E-state index contributed by atoms with van der Waals surface area (Å²) >= 11 is 6.07. The van der Waals surface area contributed by atoms with Crippen molar-refractivity contribution < 1.29 is 4.79 Å². The average molecular weight is 312 g/mol. The minimum atomic E-state index is -0.234. The third-order valence-corrected chi connectivity index (χ3v) is 3.64. The Morgan fingerprint density at radius 1 is 1.14 bits per heavy atom. The zero-order valence-electron chi connectivity index (χ0n) is 12.0. The Hall–Kier alpha value is -2.59. The van der Waals surface area contributed by atoms with E-state index in [9.17, 15) is 4.79 Å². The molecule has 1 aromatic heterocycles. The lowest BCUT2D eigenvalue weighted by atomic mass is 10.1. The van der Waals surface area contributed by atoms with Crippen LogP contribution in [0, 0.1) is 0 Å². The fourth-order valence-electron chi connectivity index (χ4n) is 2.24. The van der Waals surface area contributed by atoms with Gasteiger partial charge in [-0.3, -0.25) is 9.48 Å². The second kappa shape index (κ2) is 6.03. The predicted molar refractivity (Wildman–Crippen MR) is 88.0 cm³/mol. The Morgan fingerprint density at radius 3 is 2.59 bits per heavy atom. The molecular weight excluding hydrogens is 298 g/mol. The highest BCUT2D eigenvalue weighted by Crippen LogP contribution is 2.28. The van der Waals surface area contributed by atoms with Crippen LogP contribution in [0.4, 0.5) is 5.69 Å². The summed E-state index contributed by atoms with van der Waals surface area (Å²) in [6.45, 7) is 0. The highest BCUT2D eigenvalue weighted by Gasteiger charge is 2.13. The molecule has 1 amide bonds. The van der Waals surface area contributed by atoms with Crippen molar-refractivity contribution in [1.82, 2.24) is 9.78 Å². The molecule has 3 rings (SSSR count). The van der Waals surface area contributed by atoms with Crippen LogP contribution in [0.5, 0.6) is 0 Å². The molecule has 0 fully saturated rings. The molecule has 5 heteroatoms. The summed E-state index contributed by atoms with van der Waals surface area (Å²) in [6.07, 6.45) is 3.67. The smallest absolute Gasteiger partial charge is 0.257 e. The van der Waals surface area contributed by atoms with E-state index in [1.54, 1.807) is 35.1 Å². The monoisotopic (exact) mass is 311 g/mol. The lowest BCUT2D eigenvalue weighted by Gasteiger charge is -2.10. The van der Waals surface area contributed by atoms with Gasteiger partial charge in [0.1, 0.15) is 0 Å². The Kier molecular flexibility index (Phi) is 3.94. The van der Waals surface area contributed by atoms with Crippen molar-refractivity contribution >= 4 is 23.2 Å². The number of carbonyl (C=O) groups is 1. The van der Waals surface area contributed by atoms with E-state index in [1.807, 2.05) is 37.5 Å². The lowest BCUT2D eigenvalue weighted by Crippen LogP contribution is -2.13. The van der Waals surface area contributed by atoms with Gasteiger partial charge in [0.05, 0.1) is 16.8 Å². The molecule has 0 spiro atoms. The standard InChI is InChI=1S/C17H14ClN3O/c1-21-11-12(10-19-21)13-6-3-5-9-16(13)20-17(22)14-7-2-4-8-15(14)18/h2-11H,1H3,(H,20,22). The first-order valence-electron chi connectivity index (χ1n) is 6.79. The van der Waals surface area contributed by atoms with E-state index in [-0.39, 0.29) is 5.91 Å². The maximum atomic E-state index is 12.4. The van der Waals surface area contributed by atoms with Crippen LogP contribution in [-0.2, 0) is 7.05 Å². The molecule has 0 unspecified atom stereocenters. The Morgan fingerprint density at radius 2 is 1.86 bits per heavy atom. The maximum absolute atomic E-state index is 12.4. The van der Waals surface area contributed by atoms with Gasteiger partial charge in [-0.05, 0) is 18.2 Å². The largest absolute Gasteiger partial charge is 0.321 e. The number of aryl methyl sites for hydroxylation is 1. The van der Waals surface area contributed by atoms with Gasteiger partial charge >= 0.3 is 0 Å². The lowest BCUT2D eigenvalue weighted by molar-refractivity contribution is 0.102. The van der Waals surface area contributed by atoms with Crippen LogP contribution in [0.2, 0.25) is 5.02 Å². The van der Waals surface area contributed by atoms with Crippen LogP contribution in [-0.4, -0.2) is 15.7 Å². The molecule has 0 atom stereocenters. The number of rotatable bonds is 3. The number of hydrogen-bond donors (Lipinski definition) is 1. The first-order valence-corrected chi connectivity index (χ1v) is 7.17. The number of amides is 1. The second-order valence-corrected chi connectivity index (χ2v) is 5.29. The number of benzene rings is 2. The number of hydrogen-bond acceptors (Lipinski definition) is 2. The van der Waals surface area contributed by atoms with Crippen molar-refractivity contribution in [3.05, 3.63) is 71.5 Å². The van der Waals surface area contributed by atoms with E-state index in [1.165, 1.54) is 0 Å². The fraction of sp³-hybridized carbons (Fsp3) is 0.0588. The van der Waals surface area contributed by atoms with Gasteiger partial charge in [-0.15, -0.1) is 0 Å². The van der Waals surface area contributed by atoms with E-state index in [2.05, 4.69) is 10.4 Å². The van der Waals surface area contributed by atoms with Crippen LogP contribution < -0.4 is 5.32 Å². The topological polar surface area (TPSA) is 46.9 Å². The summed E-state index contributed by atoms with van der Waals surface area (Å²) in [6, 6.07) is 14.6. The van der Waals surface area contributed by atoms with Crippen LogP contribution in [0.3, 0.4) is 0 Å². The van der Waals surface area contributed by atoms with E-state index < -0.39 is 0 Å². The van der Waals surface area contributed by atoms with E-state index in [4.69, 9.17) is 11.6 Å². The van der Waals surface area contributed by atoms with E-state index >= 15 is 0 Å². The predicted octanol–water partition coefficient (Wildman–Crippen LogP) is 3.99. The number of nitrogens with zero attached hydrogens (tertiary/aromatic N) is 2. The van der Waals surface area contributed by atoms with Crippen LogP contribution in [0.25, 0.3) is 11.1 Å². The number of carbonyl (C=O) groups excluding carboxylic acids is 1. The number of aromatic nitrogens is 2. The van der Waals surface area contributed by atoms with Crippen molar-refractivity contribution in [3.63, 3.8) is 0 Å².